The van der Waals surface area contributed by atoms with Crippen molar-refractivity contribution in [3.8, 4) is 5.75 Å². The normalized spacial score (nSPS) is 14.0. The number of benzene rings is 2. The maximum absolute atomic E-state index is 12.7. The van der Waals surface area contributed by atoms with E-state index in [1.807, 2.05) is 31.2 Å². The monoisotopic (exact) mass is 363 g/mol. The Morgan fingerprint density at radius 1 is 1.26 bits per heavy atom. The molecule has 0 aliphatic carbocycles. The van der Waals surface area contributed by atoms with E-state index < -0.39 is 0 Å². The first-order valence-corrected chi connectivity index (χ1v) is 9.05. The number of nitrogens with one attached hydrogen (secondary N) is 1. The summed E-state index contributed by atoms with van der Waals surface area (Å²) >= 11 is 0. The van der Waals surface area contributed by atoms with Crippen LogP contribution in [0, 0.1) is 0 Å². The Labute approximate surface area is 156 Å². The van der Waals surface area contributed by atoms with Gasteiger partial charge in [-0.15, -0.1) is 0 Å². The van der Waals surface area contributed by atoms with Crippen LogP contribution in [0.15, 0.2) is 47.3 Å². The Bertz CT molecular complexity index is 1090. The summed E-state index contributed by atoms with van der Waals surface area (Å²) in [5.41, 5.74) is 1.94. The molecule has 1 aliphatic heterocycles. The Hall–Kier alpha value is -3.15. The number of para-hydroxylation sites is 1. The zero-order valence-electron chi connectivity index (χ0n) is 15.4. The number of carbonyl (C=O) groups excluding carboxylic acids is 1. The maximum Gasteiger partial charge on any atom is 0.261 e. The average molecular weight is 363 g/mol. The first kappa shape index (κ1) is 17.3. The van der Waals surface area contributed by atoms with Gasteiger partial charge in [-0.25, -0.2) is 4.98 Å². The number of rotatable bonds is 4. The van der Waals surface area contributed by atoms with Gasteiger partial charge in [0.1, 0.15) is 11.6 Å². The molecular weight excluding hydrogens is 342 g/mol. The number of methoxy groups -OCH3 is 1. The molecule has 1 atom stereocenters. The number of hydrogen-bond donors (Lipinski definition) is 1. The van der Waals surface area contributed by atoms with E-state index in [0.29, 0.717) is 16.5 Å². The second kappa shape index (κ2) is 6.87. The van der Waals surface area contributed by atoms with E-state index in [1.165, 1.54) is 0 Å². The van der Waals surface area contributed by atoms with E-state index >= 15 is 0 Å². The highest BCUT2D eigenvalue weighted by Gasteiger charge is 2.18. The number of hydrogen-bond acceptors (Lipinski definition) is 4. The number of aryl methyl sites for hydroxylation is 1. The van der Waals surface area contributed by atoms with E-state index in [1.54, 1.807) is 29.9 Å². The first-order chi connectivity index (χ1) is 13.1. The summed E-state index contributed by atoms with van der Waals surface area (Å²) in [5, 5.41) is 3.54. The molecule has 0 fully saturated rings. The lowest BCUT2D eigenvalue weighted by atomic mass is 10.1. The van der Waals surface area contributed by atoms with Crippen LogP contribution >= 0.6 is 0 Å². The molecule has 0 bridgehead atoms. The van der Waals surface area contributed by atoms with E-state index in [4.69, 9.17) is 4.74 Å². The molecular formula is C21H21N3O3. The molecule has 3 aromatic rings. The molecule has 27 heavy (non-hydrogen) atoms. The second-order valence-corrected chi connectivity index (χ2v) is 6.76. The topological polar surface area (TPSA) is 73.2 Å². The number of ether oxygens (including phenoxy) is 1. The summed E-state index contributed by atoms with van der Waals surface area (Å²) in [6.07, 6.45) is 1.73. The average Bonchev–Trinajstić information content (AvgIpc) is 3.16. The predicted octanol–water partition coefficient (Wildman–Crippen LogP) is 2.84. The quantitative estimate of drug-likeness (QED) is 0.774. The molecule has 6 heteroatoms. The van der Waals surface area contributed by atoms with Crippen LogP contribution in [0.1, 0.15) is 41.1 Å². The van der Waals surface area contributed by atoms with Crippen LogP contribution < -0.4 is 15.6 Å². The minimum absolute atomic E-state index is 0.0261. The lowest BCUT2D eigenvalue weighted by Crippen LogP contribution is -2.27. The van der Waals surface area contributed by atoms with E-state index in [9.17, 15) is 9.59 Å². The summed E-state index contributed by atoms with van der Waals surface area (Å²) in [4.78, 5) is 29.9. The van der Waals surface area contributed by atoms with Gasteiger partial charge in [-0.05, 0) is 37.6 Å². The van der Waals surface area contributed by atoms with Gasteiger partial charge in [-0.3, -0.25) is 14.2 Å². The summed E-state index contributed by atoms with van der Waals surface area (Å²) in [6.45, 7) is 2.63. The van der Waals surface area contributed by atoms with Crippen molar-refractivity contribution < 1.29 is 9.53 Å². The molecule has 1 aliphatic rings. The molecule has 4 rings (SSSR count). The minimum atomic E-state index is -0.219. The van der Waals surface area contributed by atoms with Gasteiger partial charge in [-0.2, -0.15) is 0 Å². The molecule has 138 valence electrons. The molecule has 0 saturated heterocycles. The fourth-order valence-corrected chi connectivity index (χ4v) is 3.61. The zero-order valence-corrected chi connectivity index (χ0v) is 15.4. The van der Waals surface area contributed by atoms with Crippen LogP contribution in [-0.4, -0.2) is 22.6 Å². The summed E-state index contributed by atoms with van der Waals surface area (Å²) in [5.74, 6) is 1.32. The van der Waals surface area contributed by atoms with Gasteiger partial charge in [0, 0.05) is 24.1 Å². The largest absolute Gasteiger partial charge is 0.496 e. The van der Waals surface area contributed by atoms with Crippen molar-refractivity contribution in [3.63, 3.8) is 0 Å². The lowest BCUT2D eigenvalue weighted by Gasteiger charge is -2.17. The second-order valence-electron chi connectivity index (χ2n) is 6.76. The van der Waals surface area contributed by atoms with Crippen molar-refractivity contribution in [2.45, 2.75) is 32.4 Å². The highest BCUT2D eigenvalue weighted by molar-refractivity contribution is 5.97. The van der Waals surface area contributed by atoms with Crippen LogP contribution in [0.2, 0.25) is 0 Å². The van der Waals surface area contributed by atoms with Gasteiger partial charge in [0.2, 0.25) is 0 Å². The standard InChI is InChI=1S/C21H21N3O3/c1-13(15-6-3-4-7-18(15)27-2)22-20(25)14-9-10-16-17(12-14)23-19-8-5-11-24(19)21(16)26/h3-4,6-7,9-10,12-13H,5,8,11H2,1-2H3,(H,22,25)/t13-/m0/s1. The van der Waals surface area contributed by atoms with Crippen LogP contribution in [0.3, 0.4) is 0 Å². The third-order valence-corrected chi connectivity index (χ3v) is 5.03. The summed E-state index contributed by atoms with van der Waals surface area (Å²) in [7, 11) is 1.61. The third-order valence-electron chi connectivity index (χ3n) is 5.03. The Kier molecular flexibility index (Phi) is 4.39. The van der Waals surface area contributed by atoms with Crippen LogP contribution in [0.25, 0.3) is 10.9 Å². The number of fused-ring (bicyclic) bond motifs is 2. The van der Waals surface area contributed by atoms with Crippen LogP contribution in [0.5, 0.6) is 5.75 Å². The van der Waals surface area contributed by atoms with Gasteiger partial charge in [0.25, 0.3) is 11.5 Å². The summed E-state index contributed by atoms with van der Waals surface area (Å²) in [6, 6.07) is 12.4. The Morgan fingerprint density at radius 3 is 2.89 bits per heavy atom. The highest BCUT2D eigenvalue weighted by atomic mass is 16.5. The molecule has 1 aromatic heterocycles. The molecule has 0 saturated carbocycles. The number of carbonyl (C=O) groups is 1. The Morgan fingerprint density at radius 2 is 2.07 bits per heavy atom. The molecule has 1 amide bonds. The van der Waals surface area contributed by atoms with Gasteiger partial charge >= 0.3 is 0 Å². The first-order valence-electron chi connectivity index (χ1n) is 9.05. The van der Waals surface area contributed by atoms with Crippen molar-refractivity contribution in [1.82, 2.24) is 14.9 Å². The van der Waals surface area contributed by atoms with Gasteiger partial charge in [0.05, 0.1) is 24.1 Å². The zero-order chi connectivity index (χ0) is 19.0. The smallest absolute Gasteiger partial charge is 0.261 e. The fourth-order valence-electron chi connectivity index (χ4n) is 3.61. The van der Waals surface area contributed by atoms with E-state index in [0.717, 1.165) is 36.5 Å². The molecule has 0 spiro atoms. The molecule has 2 heterocycles. The fraction of sp³-hybridized carbons (Fsp3) is 0.286. The van der Waals surface area contributed by atoms with Crippen molar-refractivity contribution in [1.29, 1.82) is 0 Å². The molecule has 0 unspecified atom stereocenters. The molecule has 2 aromatic carbocycles. The number of nitrogens with zero attached hydrogens (tertiary/aromatic N) is 2. The van der Waals surface area contributed by atoms with Gasteiger partial charge < -0.3 is 10.1 Å². The van der Waals surface area contributed by atoms with Gasteiger partial charge in [-0.1, -0.05) is 18.2 Å². The molecule has 1 N–H and O–H groups in total. The van der Waals surface area contributed by atoms with Crippen LogP contribution in [-0.2, 0) is 13.0 Å². The van der Waals surface area contributed by atoms with E-state index in [-0.39, 0.29) is 17.5 Å². The highest BCUT2D eigenvalue weighted by Crippen LogP contribution is 2.25. The van der Waals surface area contributed by atoms with Crippen molar-refractivity contribution in [3.05, 3.63) is 69.8 Å². The Balaban J connectivity index is 1.63. The van der Waals surface area contributed by atoms with Crippen LogP contribution in [0.4, 0.5) is 0 Å². The number of aromatic nitrogens is 2. The van der Waals surface area contributed by atoms with Crippen molar-refractivity contribution in [2.24, 2.45) is 0 Å². The molecule has 6 nitrogen and oxygen atoms in total. The minimum Gasteiger partial charge on any atom is -0.496 e. The lowest BCUT2D eigenvalue weighted by molar-refractivity contribution is 0.0939. The van der Waals surface area contributed by atoms with E-state index in [2.05, 4.69) is 10.3 Å². The van der Waals surface area contributed by atoms with Crippen molar-refractivity contribution >= 4 is 16.8 Å². The maximum atomic E-state index is 12.7. The molecule has 0 radical (unpaired) electrons. The predicted molar refractivity (Wildman–Crippen MR) is 103 cm³/mol. The SMILES string of the molecule is COc1ccccc1[C@H](C)NC(=O)c1ccc2c(=O)n3c(nc2c1)CCC3. The third kappa shape index (κ3) is 3.07. The van der Waals surface area contributed by atoms with Crippen molar-refractivity contribution in [2.75, 3.05) is 7.11 Å². The van der Waals surface area contributed by atoms with Gasteiger partial charge in [0.15, 0.2) is 0 Å². The number of amides is 1. The summed E-state index contributed by atoms with van der Waals surface area (Å²) < 4.78 is 7.10.